The van der Waals surface area contributed by atoms with Gasteiger partial charge in [-0.1, -0.05) is 5.21 Å². The first-order chi connectivity index (χ1) is 8.76. The molecule has 0 atom stereocenters. The van der Waals surface area contributed by atoms with Gasteiger partial charge in [-0.3, -0.25) is 4.68 Å². The minimum absolute atomic E-state index is 0.283. The van der Waals surface area contributed by atoms with Crippen LogP contribution in [-0.4, -0.2) is 40.1 Å². The largest absolute Gasteiger partial charge is 0.372 e. The molecule has 18 heavy (non-hydrogen) atoms. The van der Waals surface area contributed by atoms with Crippen LogP contribution in [0.1, 0.15) is 31.4 Å². The zero-order valence-corrected chi connectivity index (χ0v) is 10.7. The highest BCUT2D eigenvalue weighted by molar-refractivity contribution is 4.90. The zero-order chi connectivity index (χ0) is 12.4. The van der Waals surface area contributed by atoms with Crippen LogP contribution in [0, 0.1) is 0 Å². The first-order valence-corrected chi connectivity index (χ1v) is 6.50. The van der Waals surface area contributed by atoms with Crippen LogP contribution < -0.4 is 0 Å². The van der Waals surface area contributed by atoms with E-state index in [2.05, 4.69) is 10.3 Å². The van der Waals surface area contributed by atoms with Gasteiger partial charge >= 0.3 is 0 Å². The molecule has 1 aromatic rings. The van der Waals surface area contributed by atoms with E-state index in [1.807, 2.05) is 13.2 Å². The fraction of sp³-hybridized carbons (Fsp3) is 0.833. The summed E-state index contributed by atoms with van der Waals surface area (Å²) >= 11 is 0. The summed E-state index contributed by atoms with van der Waals surface area (Å²) in [4.78, 5) is 0. The van der Waals surface area contributed by atoms with E-state index in [0.717, 1.165) is 44.6 Å². The van der Waals surface area contributed by atoms with Crippen LogP contribution in [0.5, 0.6) is 0 Å². The van der Waals surface area contributed by atoms with E-state index in [9.17, 15) is 0 Å². The van der Waals surface area contributed by atoms with Crippen molar-refractivity contribution < 1.29 is 14.2 Å². The van der Waals surface area contributed by atoms with Crippen LogP contribution in [0.2, 0.25) is 0 Å². The van der Waals surface area contributed by atoms with Crippen LogP contribution in [0.25, 0.3) is 0 Å². The molecular weight excluding hydrogens is 234 g/mol. The molecule has 1 saturated heterocycles. The van der Waals surface area contributed by atoms with E-state index >= 15 is 0 Å². The number of hydrogen-bond acceptors (Lipinski definition) is 5. The number of nitrogens with zero attached hydrogens (tertiary/aromatic N) is 3. The summed E-state index contributed by atoms with van der Waals surface area (Å²) in [6.45, 7) is 1.99. The van der Waals surface area contributed by atoms with Crippen molar-refractivity contribution in [1.29, 1.82) is 0 Å². The Hall–Kier alpha value is -0.980. The molecule has 1 saturated carbocycles. The number of ether oxygens (including phenoxy) is 3. The van der Waals surface area contributed by atoms with Crippen molar-refractivity contribution in [2.45, 2.75) is 44.2 Å². The molecule has 0 radical (unpaired) electrons. The molecule has 0 unspecified atom stereocenters. The third kappa shape index (κ3) is 2.55. The summed E-state index contributed by atoms with van der Waals surface area (Å²) in [5, 5.41) is 7.89. The highest BCUT2D eigenvalue weighted by Gasteiger charge is 2.40. The average molecular weight is 253 g/mol. The van der Waals surface area contributed by atoms with Crippen LogP contribution in [0.3, 0.4) is 0 Å². The molecule has 6 heteroatoms. The Morgan fingerprint density at radius 1 is 1.39 bits per heavy atom. The van der Waals surface area contributed by atoms with E-state index in [0.29, 0.717) is 6.61 Å². The van der Waals surface area contributed by atoms with Gasteiger partial charge in [-0.25, -0.2) is 0 Å². The van der Waals surface area contributed by atoms with Gasteiger partial charge in [0, 0.05) is 19.9 Å². The van der Waals surface area contributed by atoms with Gasteiger partial charge in [-0.15, -0.1) is 5.10 Å². The highest BCUT2D eigenvalue weighted by atomic mass is 16.7. The summed E-state index contributed by atoms with van der Waals surface area (Å²) in [6, 6.07) is 0. The number of aromatic nitrogens is 3. The quantitative estimate of drug-likeness (QED) is 0.805. The molecule has 1 aliphatic carbocycles. The van der Waals surface area contributed by atoms with Crippen molar-refractivity contribution in [2.75, 3.05) is 13.2 Å². The standard InChI is InChI=1S/C12H19N3O3/c1-15-8-10(13-14-15)9-16-11-2-4-12(5-3-11)17-6-7-18-12/h8,11H,2-7,9H2,1H3. The first kappa shape index (κ1) is 12.1. The molecule has 2 fully saturated rings. The van der Waals surface area contributed by atoms with E-state index in [-0.39, 0.29) is 11.9 Å². The Bertz CT molecular complexity index is 391. The van der Waals surface area contributed by atoms with Crippen molar-refractivity contribution in [1.82, 2.24) is 15.0 Å². The van der Waals surface area contributed by atoms with Gasteiger partial charge < -0.3 is 14.2 Å². The maximum atomic E-state index is 5.86. The SMILES string of the molecule is Cn1cc(COC2CCC3(CC2)OCCO3)nn1. The predicted octanol–water partition coefficient (Wildman–Crippen LogP) is 1.02. The molecular formula is C12H19N3O3. The van der Waals surface area contributed by atoms with E-state index in [4.69, 9.17) is 14.2 Å². The smallest absolute Gasteiger partial charge is 0.168 e. The second-order valence-corrected chi connectivity index (χ2v) is 5.00. The minimum Gasteiger partial charge on any atom is -0.372 e. The summed E-state index contributed by atoms with van der Waals surface area (Å²) in [5.74, 6) is -0.299. The molecule has 2 aliphatic rings. The van der Waals surface area contributed by atoms with Crippen LogP contribution in [-0.2, 0) is 27.9 Å². The lowest BCUT2D eigenvalue weighted by atomic mass is 9.92. The Labute approximate surface area is 106 Å². The third-order valence-electron chi connectivity index (χ3n) is 3.63. The summed E-state index contributed by atoms with van der Waals surface area (Å²) in [5.41, 5.74) is 0.881. The van der Waals surface area contributed by atoms with E-state index in [1.165, 1.54) is 0 Å². The summed E-state index contributed by atoms with van der Waals surface area (Å²) < 4.78 is 18.9. The van der Waals surface area contributed by atoms with Gasteiger partial charge in [0.05, 0.1) is 32.1 Å². The molecule has 1 aromatic heterocycles. The van der Waals surface area contributed by atoms with Gasteiger partial charge in [0.25, 0.3) is 0 Å². The highest BCUT2D eigenvalue weighted by Crippen LogP contribution is 2.36. The van der Waals surface area contributed by atoms with E-state index in [1.54, 1.807) is 4.68 Å². The second-order valence-electron chi connectivity index (χ2n) is 5.00. The molecule has 1 aliphatic heterocycles. The van der Waals surface area contributed by atoms with Gasteiger partial charge in [-0.05, 0) is 12.8 Å². The Morgan fingerprint density at radius 2 is 2.11 bits per heavy atom. The molecule has 6 nitrogen and oxygen atoms in total. The lowest BCUT2D eigenvalue weighted by Crippen LogP contribution is -2.37. The third-order valence-corrected chi connectivity index (χ3v) is 3.63. The van der Waals surface area contributed by atoms with Crippen molar-refractivity contribution >= 4 is 0 Å². The summed E-state index contributed by atoms with van der Waals surface area (Å²) in [7, 11) is 1.86. The van der Waals surface area contributed by atoms with Gasteiger partial charge in [-0.2, -0.15) is 0 Å². The fourth-order valence-electron chi connectivity index (χ4n) is 2.65. The normalized spacial score (nSPS) is 23.8. The monoisotopic (exact) mass is 253 g/mol. The molecule has 0 aromatic carbocycles. The molecule has 0 N–H and O–H groups in total. The first-order valence-electron chi connectivity index (χ1n) is 6.50. The van der Waals surface area contributed by atoms with Crippen molar-refractivity contribution in [3.8, 4) is 0 Å². The lowest BCUT2D eigenvalue weighted by Gasteiger charge is -2.35. The van der Waals surface area contributed by atoms with Gasteiger partial charge in [0.15, 0.2) is 5.79 Å². The molecule has 100 valence electrons. The van der Waals surface area contributed by atoms with E-state index < -0.39 is 0 Å². The van der Waals surface area contributed by atoms with Crippen molar-refractivity contribution in [3.05, 3.63) is 11.9 Å². The predicted molar refractivity (Wildman–Crippen MR) is 62.7 cm³/mol. The Morgan fingerprint density at radius 3 is 2.72 bits per heavy atom. The molecule has 3 rings (SSSR count). The minimum atomic E-state index is -0.299. The van der Waals surface area contributed by atoms with Crippen LogP contribution in [0.15, 0.2) is 6.20 Å². The molecule has 0 bridgehead atoms. The molecule has 1 spiro atoms. The Kier molecular flexibility index (Phi) is 3.32. The van der Waals surface area contributed by atoms with Crippen molar-refractivity contribution in [2.24, 2.45) is 7.05 Å². The fourth-order valence-corrected chi connectivity index (χ4v) is 2.65. The van der Waals surface area contributed by atoms with Crippen LogP contribution >= 0.6 is 0 Å². The van der Waals surface area contributed by atoms with Gasteiger partial charge in [0.1, 0.15) is 5.69 Å². The number of rotatable bonds is 3. The Balaban J connectivity index is 1.45. The lowest BCUT2D eigenvalue weighted by molar-refractivity contribution is -0.192. The van der Waals surface area contributed by atoms with Crippen LogP contribution in [0.4, 0.5) is 0 Å². The number of hydrogen-bond donors (Lipinski definition) is 0. The number of aryl methyl sites for hydroxylation is 1. The topological polar surface area (TPSA) is 58.4 Å². The second kappa shape index (κ2) is 4.95. The molecule has 0 amide bonds. The van der Waals surface area contributed by atoms with Gasteiger partial charge in [0.2, 0.25) is 0 Å². The summed E-state index contributed by atoms with van der Waals surface area (Å²) in [6.07, 6.45) is 6.00. The average Bonchev–Trinajstić information content (AvgIpc) is 2.99. The van der Waals surface area contributed by atoms with Crippen molar-refractivity contribution in [3.63, 3.8) is 0 Å². The molecule has 2 heterocycles. The maximum Gasteiger partial charge on any atom is 0.168 e. The maximum absolute atomic E-state index is 5.86. The zero-order valence-electron chi connectivity index (χ0n) is 10.7.